The average Bonchev–Trinajstić information content (AvgIpc) is 3.05. The predicted octanol–water partition coefficient (Wildman–Crippen LogP) is 6.35. The molecule has 2 aliphatic rings. The van der Waals surface area contributed by atoms with Crippen molar-refractivity contribution >= 4 is 17.6 Å². The number of carboxylic acid groups (broad SMARTS) is 2. The number of rotatable bonds is 10. The Morgan fingerprint density at radius 2 is 1.56 bits per heavy atom. The Hall–Kier alpha value is -4.50. The van der Waals surface area contributed by atoms with Crippen molar-refractivity contribution < 1.29 is 24.7 Å². The number of nitrogens with one attached hydrogen (secondary N) is 1. The molecule has 5 rings (SSSR count). The number of likely N-dealkylation sites (tertiary alicyclic amines) is 1. The van der Waals surface area contributed by atoms with Crippen molar-refractivity contribution in [1.82, 2.24) is 10.2 Å². The molecular weight excluding hydrogens is 570 g/mol. The third-order valence-electron chi connectivity index (χ3n) is 10.3. The number of non-ortho nitro benzene ring substituents is 1. The lowest BCUT2D eigenvalue weighted by atomic mass is 9.59. The van der Waals surface area contributed by atoms with Crippen molar-refractivity contribution in [2.75, 3.05) is 13.1 Å². The summed E-state index contributed by atoms with van der Waals surface area (Å²) in [6, 6.07) is 26.0. The molecule has 1 saturated heterocycles. The fourth-order valence-corrected chi connectivity index (χ4v) is 7.96. The molecule has 0 bridgehead atoms. The minimum absolute atomic E-state index is 0.0725. The van der Waals surface area contributed by atoms with Crippen LogP contribution >= 0.6 is 0 Å². The molecule has 0 aromatic heterocycles. The second-order valence-electron chi connectivity index (χ2n) is 12.5. The van der Waals surface area contributed by atoms with Gasteiger partial charge in [0, 0.05) is 41.2 Å². The van der Waals surface area contributed by atoms with Crippen LogP contribution in [0.4, 0.5) is 5.69 Å². The molecule has 2 heterocycles. The Labute approximate surface area is 263 Å². The molecule has 4 atom stereocenters. The van der Waals surface area contributed by atoms with Gasteiger partial charge in [0.2, 0.25) is 0 Å². The van der Waals surface area contributed by atoms with Gasteiger partial charge in [0.05, 0.1) is 10.5 Å². The molecule has 0 radical (unpaired) electrons. The highest BCUT2D eigenvalue weighted by atomic mass is 16.6. The summed E-state index contributed by atoms with van der Waals surface area (Å²) in [6.07, 6.45) is 2.53. The van der Waals surface area contributed by atoms with Gasteiger partial charge < -0.3 is 20.4 Å². The summed E-state index contributed by atoms with van der Waals surface area (Å²) < 4.78 is 0. The second kappa shape index (κ2) is 12.9. The van der Waals surface area contributed by atoms with Gasteiger partial charge in [0.15, 0.2) is 0 Å². The van der Waals surface area contributed by atoms with E-state index in [1.54, 1.807) is 19.9 Å². The van der Waals surface area contributed by atoms with Crippen LogP contribution in [0, 0.1) is 15.5 Å². The molecule has 1 fully saturated rings. The molecular formula is C36H41N3O6. The highest BCUT2D eigenvalue weighted by molar-refractivity contribution is 5.93. The Bertz CT molecular complexity index is 1540. The van der Waals surface area contributed by atoms with E-state index in [0.717, 1.165) is 25.9 Å². The van der Waals surface area contributed by atoms with Crippen molar-refractivity contribution in [2.24, 2.45) is 5.41 Å². The topological polar surface area (TPSA) is 133 Å². The lowest BCUT2D eigenvalue weighted by molar-refractivity contribution is -0.384. The number of carboxylic acids is 2. The van der Waals surface area contributed by atoms with E-state index in [1.807, 2.05) is 19.1 Å². The standard InChI is InChI=1S/C36H41N3O6/c1-4-29(38-20-18-35(19-21-38,27-13-7-5-8-14-27)28-15-9-6-10-16-28)23-36(34(42)43)25(3)37-24(2)31(33(40)41)32(36)26-12-11-17-30(22-26)39(44)45/h5-17,22,25,29,32,37H,4,18-21,23H2,1-3H3,(H,40,41)(H,42,43). The van der Waals surface area contributed by atoms with Crippen LogP contribution in [-0.4, -0.2) is 57.1 Å². The van der Waals surface area contributed by atoms with Crippen LogP contribution in [0.5, 0.6) is 0 Å². The Kier molecular flexibility index (Phi) is 9.11. The fraction of sp³-hybridized carbons (Fsp3) is 0.389. The van der Waals surface area contributed by atoms with Gasteiger partial charge in [-0.25, -0.2) is 4.79 Å². The van der Waals surface area contributed by atoms with Gasteiger partial charge in [-0.2, -0.15) is 0 Å². The summed E-state index contributed by atoms with van der Waals surface area (Å²) in [4.78, 5) is 39.8. The fourth-order valence-electron chi connectivity index (χ4n) is 7.96. The quantitative estimate of drug-likeness (QED) is 0.178. The van der Waals surface area contributed by atoms with Gasteiger partial charge in [0.1, 0.15) is 5.41 Å². The van der Waals surface area contributed by atoms with E-state index in [-0.39, 0.29) is 29.1 Å². The van der Waals surface area contributed by atoms with Crippen molar-refractivity contribution in [3.8, 4) is 0 Å². The van der Waals surface area contributed by atoms with Crippen molar-refractivity contribution in [3.05, 3.63) is 123 Å². The highest BCUT2D eigenvalue weighted by Crippen LogP contribution is 2.52. The lowest BCUT2D eigenvalue weighted by Crippen LogP contribution is -2.59. The predicted molar refractivity (Wildman–Crippen MR) is 172 cm³/mol. The summed E-state index contributed by atoms with van der Waals surface area (Å²) in [5, 5.41) is 36.3. The molecule has 0 spiro atoms. The Morgan fingerprint density at radius 3 is 2.04 bits per heavy atom. The number of hydrogen-bond acceptors (Lipinski definition) is 6. The van der Waals surface area contributed by atoms with Gasteiger partial charge in [0.25, 0.3) is 5.69 Å². The van der Waals surface area contributed by atoms with Crippen LogP contribution in [0.2, 0.25) is 0 Å². The zero-order valence-corrected chi connectivity index (χ0v) is 26.0. The average molecular weight is 612 g/mol. The first-order chi connectivity index (χ1) is 21.5. The number of piperidine rings is 1. The van der Waals surface area contributed by atoms with Gasteiger partial charge >= 0.3 is 11.9 Å². The second-order valence-corrected chi connectivity index (χ2v) is 12.5. The molecule has 9 nitrogen and oxygen atoms in total. The first-order valence-corrected chi connectivity index (χ1v) is 15.6. The molecule has 0 aliphatic carbocycles. The molecule has 0 amide bonds. The molecule has 45 heavy (non-hydrogen) atoms. The minimum Gasteiger partial charge on any atom is -0.481 e. The number of aliphatic carboxylic acids is 2. The molecule has 3 N–H and O–H groups in total. The van der Waals surface area contributed by atoms with E-state index in [0.29, 0.717) is 17.7 Å². The lowest BCUT2D eigenvalue weighted by Gasteiger charge is -2.51. The van der Waals surface area contributed by atoms with Crippen molar-refractivity contribution in [1.29, 1.82) is 0 Å². The number of carbonyl (C=O) groups is 2. The number of nitro groups is 1. The molecule has 236 valence electrons. The molecule has 0 saturated carbocycles. The maximum absolute atomic E-state index is 13.6. The maximum atomic E-state index is 13.6. The van der Waals surface area contributed by atoms with Crippen molar-refractivity contribution in [2.45, 2.75) is 69.9 Å². The molecule has 2 aliphatic heterocycles. The smallest absolute Gasteiger partial charge is 0.333 e. The van der Waals surface area contributed by atoms with Crippen LogP contribution in [0.15, 0.2) is 96.2 Å². The summed E-state index contributed by atoms with van der Waals surface area (Å²) >= 11 is 0. The Morgan fingerprint density at radius 1 is 0.978 bits per heavy atom. The van der Waals surface area contributed by atoms with Crippen LogP contribution < -0.4 is 5.32 Å². The Balaban J connectivity index is 1.54. The minimum atomic E-state index is -1.59. The monoisotopic (exact) mass is 611 g/mol. The van der Waals surface area contributed by atoms with Gasteiger partial charge in [-0.05, 0) is 69.3 Å². The van der Waals surface area contributed by atoms with Crippen LogP contribution in [0.25, 0.3) is 0 Å². The largest absolute Gasteiger partial charge is 0.481 e. The van der Waals surface area contributed by atoms with E-state index >= 15 is 0 Å². The number of benzene rings is 3. The normalized spacial score (nSPS) is 24.0. The van der Waals surface area contributed by atoms with E-state index in [2.05, 4.69) is 58.7 Å². The summed E-state index contributed by atoms with van der Waals surface area (Å²) in [5.41, 5.74) is 1.15. The molecule has 3 aromatic rings. The van der Waals surface area contributed by atoms with Gasteiger partial charge in [-0.15, -0.1) is 0 Å². The van der Waals surface area contributed by atoms with Gasteiger partial charge in [-0.1, -0.05) is 79.7 Å². The molecule has 9 heteroatoms. The first-order valence-electron chi connectivity index (χ1n) is 15.6. The van der Waals surface area contributed by atoms with E-state index in [1.165, 1.54) is 29.3 Å². The molecule has 4 unspecified atom stereocenters. The van der Waals surface area contributed by atoms with E-state index < -0.39 is 34.2 Å². The zero-order chi connectivity index (χ0) is 32.4. The number of hydrogen-bond donors (Lipinski definition) is 3. The first kappa shape index (κ1) is 31.9. The number of nitrogens with zero attached hydrogens (tertiary/aromatic N) is 2. The summed E-state index contributed by atoms with van der Waals surface area (Å²) in [5.74, 6) is -3.46. The SMILES string of the molecule is CCC(CC1(C(=O)O)C(C)NC(C)=C(C(=O)O)C1c1cccc([N+](=O)[O-])c1)N1CCC(c2ccccc2)(c2ccccc2)CC1. The van der Waals surface area contributed by atoms with Crippen molar-refractivity contribution in [3.63, 3.8) is 0 Å². The number of allylic oxidation sites excluding steroid dienone is 1. The summed E-state index contributed by atoms with van der Waals surface area (Å²) in [6.45, 7) is 6.92. The van der Waals surface area contributed by atoms with E-state index in [4.69, 9.17) is 0 Å². The van der Waals surface area contributed by atoms with Crippen LogP contribution in [-0.2, 0) is 15.0 Å². The molecule has 3 aromatic carbocycles. The third-order valence-corrected chi connectivity index (χ3v) is 10.3. The van der Waals surface area contributed by atoms with Crippen LogP contribution in [0.3, 0.4) is 0 Å². The third kappa shape index (κ3) is 5.73. The highest BCUT2D eigenvalue weighted by Gasteiger charge is 2.57. The van der Waals surface area contributed by atoms with Gasteiger partial charge in [-0.3, -0.25) is 14.9 Å². The summed E-state index contributed by atoms with van der Waals surface area (Å²) in [7, 11) is 0. The van der Waals surface area contributed by atoms with Crippen LogP contribution in [0.1, 0.15) is 69.1 Å². The number of nitro benzene ring substituents is 1. The van der Waals surface area contributed by atoms with E-state index in [9.17, 15) is 29.9 Å². The maximum Gasteiger partial charge on any atom is 0.333 e. The zero-order valence-electron chi connectivity index (χ0n) is 26.0.